The van der Waals surface area contributed by atoms with E-state index in [0.29, 0.717) is 0 Å². The molecule has 1 aromatic heterocycles. The summed E-state index contributed by atoms with van der Waals surface area (Å²) in [7, 11) is 1.52. The molecule has 1 rings (SSSR count). The summed E-state index contributed by atoms with van der Waals surface area (Å²) >= 11 is 0.237. The maximum Gasteiger partial charge on any atom is 0.460 e. The highest BCUT2D eigenvalue weighted by Gasteiger charge is 2.61. The average Bonchev–Trinajstić information content (AvgIpc) is 2.51. The van der Waals surface area contributed by atoms with Gasteiger partial charge in [-0.1, -0.05) is 11.3 Å². The Balaban J connectivity index is 2.95. The van der Waals surface area contributed by atoms with E-state index in [4.69, 9.17) is 0 Å². The lowest BCUT2D eigenvalue weighted by molar-refractivity contribution is -0.289. The average molecular weight is 247 g/mol. The second-order valence-corrected chi connectivity index (χ2v) is 3.67. The predicted molar refractivity (Wildman–Crippen MR) is 42.6 cm³/mol. The molecule has 0 aliphatic rings. The van der Waals surface area contributed by atoms with Crippen LogP contribution in [0.1, 0.15) is 10.0 Å². The summed E-state index contributed by atoms with van der Waals surface area (Å²) in [5.74, 6) is -4.93. The van der Waals surface area contributed by atoms with E-state index in [-0.39, 0.29) is 22.9 Å². The second kappa shape index (κ2) is 3.97. The van der Waals surface area contributed by atoms with Gasteiger partial charge in [-0.25, -0.2) is 0 Å². The number of rotatable bonds is 3. The largest absolute Gasteiger partial charge is 0.460 e. The molecule has 0 spiro atoms. The van der Waals surface area contributed by atoms with Gasteiger partial charge in [0.2, 0.25) is 0 Å². The Morgan fingerprint density at radius 2 is 1.80 bits per heavy atom. The number of halogens is 5. The molecule has 0 unspecified atom stereocenters. The Morgan fingerprint density at radius 3 is 2.27 bits per heavy atom. The first-order valence-corrected chi connectivity index (χ1v) is 4.52. The Kier molecular flexibility index (Phi) is 3.24. The summed E-state index contributed by atoms with van der Waals surface area (Å²) in [6.45, 7) is 0.103. The van der Waals surface area contributed by atoms with Gasteiger partial charge in [-0.05, 0) is 7.05 Å². The van der Waals surface area contributed by atoms with Crippen molar-refractivity contribution in [3.8, 4) is 0 Å². The number of hydrogen-bond acceptors (Lipinski definition) is 4. The van der Waals surface area contributed by atoms with Crippen LogP contribution in [0.5, 0.6) is 0 Å². The van der Waals surface area contributed by atoms with Gasteiger partial charge in [0, 0.05) is 6.54 Å². The Hall–Kier alpha value is -0.830. The molecule has 9 heteroatoms. The summed E-state index contributed by atoms with van der Waals surface area (Å²) in [6, 6.07) is 0. The molecule has 0 amide bonds. The fourth-order valence-corrected chi connectivity index (χ4v) is 1.57. The Bertz CT molecular complexity index is 334. The predicted octanol–water partition coefficient (Wildman–Crippen LogP) is 1.91. The minimum absolute atomic E-state index is 0.0800. The minimum atomic E-state index is -5.64. The first kappa shape index (κ1) is 12.2. The number of hydrogen-bond donors (Lipinski definition) is 1. The van der Waals surface area contributed by atoms with E-state index in [1.165, 1.54) is 7.05 Å². The molecule has 1 N–H and O–H groups in total. The number of alkyl halides is 5. The third-order valence-electron chi connectivity index (χ3n) is 1.42. The number of aromatic nitrogens is 2. The Labute approximate surface area is 85.3 Å². The summed E-state index contributed by atoms with van der Waals surface area (Å²) in [5, 5.41) is 7.36. The van der Waals surface area contributed by atoms with Gasteiger partial charge in [-0.2, -0.15) is 22.0 Å². The van der Waals surface area contributed by atoms with Crippen LogP contribution in [-0.2, 0) is 12.5 Å². The van der Waals surface area contributed by atoms with Crippen LogP contribution in [0.3, 0.4) is 0 Å². The van der Waals surface area contributed by atoms with Crippen molar-refractivity contribution < 1.29 is 22.0 Å². The number of nitrogens with zero attached hydrogens (tertiary/aromatic N) is 2. The molecule has 1 heterocycles. The van der Waals surface area contributed by atoms with Crippen LogP contribution in [0, 0.1) is 0 Å². The van der Waals surface area contributed by atoms with E-state index in [0.717, 1.165) is 0 Å². The normalized spacial score (nSPS) is 13.2. The molecular formula is C6H6F5N3S. The van der Waals surface area contributed by atoms with Crippen molar-refractivity contribution in [1.82, 2.24) is 15.5 Å². The van der Waals surface area contributed by atoms with Gasteiger partial charge in [-0.3, -0.25) is 0 Å². The fraction of sp³-hybridized carbons (Fsp3) is 0.667. The quantitative estimate of drug-likeness (QED) is 0.829. The van der Waals surface area contributed by atoms with E-state index < -0.39 is 17.1 Å². The highest BCUT2D eigenvalue weighted by Crippen LogP contribution is 2.44. The van der Waals surface area contributed by atoms with Crippen molar-refractivity contribution >= 4 is 11.3 Å². The topological polar surface area (TPSA) is 37.8 Å². The third kappa shape index (κ3) is 2.40. The van der Waals surface area contributed by atoms with Gasteiger partial charge in [0.15, 0.2) is 5.01 Å². The first-order chi connectivity index (χ1) is 6.79. The highest BCUT2D eigenvalue weighted by atomic mass is 32.1. The van der Waals surface area contributed by atoms with Gasteiger partial charge < -0.3 is 5.32 Å². The van der Waals surface area contributed by atoms with Crippen molar-refractivity contribution in [2.24, 2.45) is 0 Å². The molecular weight excluding hydrogens is 241 g/mol. The SMILES string of the molecule is CNCc1nnc(C(F)(F)C(F)(F)F)s1. The van der Waals surface area contributed by atoms with Gasteiger partial charge in [0.05, 0.1) is 0 Å². The van der Waals surface area contributed by atoms with E-state index in [9.17, 15) is 22.0 Å². The molecule has 0 bridgehead atoms. The standard InChI is InChI=1S/C6H6F5N3S/c1-12-2-3-13-14-4(15-3)5(7,8)6(9,10)11/h12H,2H2,1H3. The van der Waals surface area contributed by atoms with E-state index in [1.54, 1.807) is 0 Å². The summed E-state index contributed by atoms with van der Waals surface area (Å²) in [5.41, 5.74) is 0. The zero-order valence-corrected chi connectivity index (χ0v) is 8.22. The second-order valence-electron chi connectivity index (χ2n) is 2.60. The smallest absolute Gasteiger partial charge is 0.313 e. The van der Waals surface area contributed by atoms with Crippen molar-refractivity contribution in [3.05, 3.63) is 10.0 Å². The van der Waals surface area contributed by atoms with Gasteiger partial charge in [0.25, 0.3) is 0 Å². The summed E-state index contributed by atoms with van der Waals surface area (Å²) in [4.78, 5) is 0. The zero-order valence-electron chi connectivity index (χ0n) is 7.40. The molecule has 0 aliphatic carbocycles. The fourth-order valence-electron chi connectivity index (χ4n) is 0.724. The molecule has 0 fully saturated rings. The molecule has 0 atom stereocenters. The molecule has 0 saturated heterocycles. The summed E-state index contributed by atoms with van der Waals surface area (Å²) in [6.07, 6.45) is -5.64. The van der Waals surface area contributed by atoms with E-state index in [2.05, 4.69) is 15.5 Å². The molecule has 0 aromatic carbocycles. The van der Waals surface area contributed by atoms with Crippen LogP contribution in [0.15, 0.2) is 0 Å². The maximum absolute atomic E-state index is 12.7. The molecule has 0 radical (unpaired) electrons. The van der Waals surface area contributed by atoms with Crippen molar-refractivity contribution in [1.29, 1.82) is 0 Å². The third-order valence-corrected chi connectivity index (χ3v) is 2.41. The molecule has 86 valence electrons. The van der Waals surface area contributed by atoms with Crippen LogP contribution >= 0.6 is 11.3 Å². The molecule has 1 aromatic rings. The van der Waals surface area contributed by atoms with Gasteiger partial charge >= 0.3 is 12.1 Å². The van der Waals surface area contributed by atoms with Crippen LogP contribution in [0.25, 0.3) is 0 Å². The van der Waals surface area contributed by atoms with E-state index in [1.807, 2.05) is 0 Å². The molecule has 0 saturated carbocycles. The number of nitrogens with one attached hydrogen (secondary N) is 1. The van der Waals surface area contributed by atoms with Gasteiger partial charge in [-0.15, -0.1) is 10.2 Å². The van der Waals surface area contributed by atoms with E-state index >= 15 is 0 Å². The zero-order chi connectivity index (χ0) is 11.7. The van der Waals surface area contributed by atoms with Crippen molar-refractivity contribution in [3.63, 3.8) is 0 Å². The molecule has 0 aliphatic heterocycles. The summed E-state index contributed by atoms with van der Waals surface area (Å²) < 4.78 is 61.0. The van der Waals surface area contributed by atoms with Gasteiger partial charge in [0.1, 0.15) is 5.01 Å². The Morgan fingerprint density at radius 1 is 1.20 bits per heavy atom. The highest BCUT2D eigenvalue weighted by molar-refractivity contribution is 7.11. The van der Waals surface area contributed by atoms with Crippen LogP contribution in [0.2, 0.25) is 0 Å². The lowest BCUT2D eigenvalue weighted by Gasteiger charge is -2.15. The minimum Gasteiger partial charge on any atom is -0.313 e. The van der Waals surface area contributed by atoms with Crippen LogP contribution in [-0.4, -0.2) is 23.4 Å². The van der Waals surface area contributed by atoms with Crippen molar-refractivity contribution in [2.45, 2.75) is 18.6 Å². The lowest BCUT2D eigenvalue weighted by Crippen LogP contribution is -2.33. The first-order valence-electron chi connectivity index (χ1n) is 3.71. The van der Waals surface area contributed by atoms with Crippen LogP contribution in [0.4, 0.5) is 22.0 Å². The van der Waals surface area contributed by atoms with Crippen molar-refractivity contribution in [2.75, 3.05) is 7.05 Å². The lowest BCUT2D eigenvalue weighted by atomic mass is 10.3. The van der Waals surface area contributed by atoms with Crippen LogP contribution < -0.4 is 5.32 Å². The molecule has 15 heavy (non-hydrogen) atoms. The monoisotopic (exact) mass is 247 g/mol. The molecule has 3 nitrogen and oxygen atoms in total. The maximum atomic E-state index is 12.7.